The summed E-state index contributed by atoms with van der Waals surface area (Å²) < 4.78 is 0. The first-order valence-electron chi connectivity index (χ1n) is 17.5. The van der Waals surface area contributed by atoms with Gasteiger partial charge in [0.2, 0.25) is 65.0 Å². The minimum Gasteiger partial charge on any atom is -0.480 e. The van der Waals surface area contributed by atoms with Crippen LogP contribution in [0.3, 0.4) is 0 Å². The van der Waals surface area contributed by atoms with Crippen LogP contribution < -0.4 is 64.2 Å². The number of carboxylic acids is 1. The molecule has 11 amide bonds. The van der Waals surface area contributed by atoms with Crippen molar-refractivity contribution in [1.82, 2.24) is 58.5 Å². The number of amides is 11. The Labute approximate surface area is 381 Å². The maximum atomic E-state index is 12.7. The molecule has 25 nitrogen and oxygen atoms in total. The maximum Gasteiger partial charge on any atom is 0.327 e. The predicted molar refractivity (Wildman–Crippen MR) is 236 cm³/mol. The van der Waals surface area contributed by atoms with Crippen molar-refractivity contribution in [2.45, 2.75) is 36.3 Å². The number of carbonyl (C=O) groups excluding carboxylic acids is 11. The van der Waals surface area contributed by atoms with Crippen molar-refractivity contribution in [3.05, 3.63) is 0 Å². The van der Waals surface area contributed by atoms with Gasteiger partial charge in [-0.15, -0.1) is 0 Å². The number of hydrogen-bond donors (Lipinski definition) is 19. The van der Waals surface area contributed by atoms with Crippen molar-refractivity contribution in [3.63, 3.8) is 0 Å². The molecule has 344 valence electrons. The second-order valence-corrected chi connectivity index (χ2v) is 14.1. The molecule has 14 N–H and O–H groups in total. The number of carboxylic acid groups (broad SMARTS) is 1. The molecule has 0 aromatic rings. The van der Waals surface area contributed by atoms with Gasteiger partial charge in [0.25, 0.3) is 0 Å². The Morgan fingerprint density at radius 3 is 0.689 bits per heavy atom. The summed E-state index contributed by atoms with van der Waals surface area (Å²) in [6.45, 7) is -3.58. The van der Waals surface area contributed by atoms with Crippen molar-refractivity contribution in [2.75, 3.05) is 73.8 Å². The Morgan fingerprint density at radius 1 is 0.344 bits per heavy atom. The van der Waals surface area contributed by atoms with Crippen LogP contribution in [-0.2, 0) is 57.5 Å². The first-order valence-corrected chi connectivity index (χ1v) is 21.3. The highest BCUT2D eigenvalue weighted by Gasteiger charge is 2.27. The molecule has 0 saturated carbocycles. The van der Waals surface area contributed by atoms with Crippen molar-refractivity contribution in [2.24, 2.45) is 5.73 Å². The fourth-order valence-electron chi connectivity index (χ4n) is 4.09. The van der Waals surface area contributed by atoms with Crippen LogP contribution in [0, 0.1) is 0 Å². The molecule has 0 aromatic heterocycles. The standard InChI is InChI=1S/C30H50N12O13S6/c31-1-19(43)37-13(7-56)25(49)32-2-20(44)38-14(8-57)26(50)33-3-21(45)39-15(9-58)27(51)34-4-22(46)40-16(10-59)28(52)35-5-23(47)41-17(11-60)29(53)36-6-24(48)42-18(12-61)30(54)55/h13-18,56-61H,1-12,31H2,(H,32,49)(H,33,50)(H,34,51)(H,35,52)(H,36,53)(H,37,43)(H,38,44)(H,39,45)(H,40,46)(H,41,47)(H,42,48)(H,54,55)/t13-,14-,15-,16-,17-,18-/m0/s1. The lowest BCUT2D eigenvalue weighted by Crippen LogP contribution is -2.56. The number of nitrogens with two attached hydrogens (primary N) is 1. The minimum absolute atomic E-state index is 0.0889. The van der Waals surface area contributed by atoms with E-state index in [9.17, 15) is 57.5 Å². The van der Waals surface area contributed by atoms with Gasteiger partial charge in [0, 0.05) is 34.5 Å². The minimum atomic E-state index is -1.33. The van der Waals surface area contributed by atoms with Gasteiger partial charge in [-0.1, -0.05) is 0 Å². The van der Waals surface area contributed by atoms with Crippen LogP contribution in [0.15, 0.2) is 0 Å². The molecule has 0 heterocycles. The average Bonchev–Trinajstić information content (AvgIpc) is 3.24. The Hall–Kier alpha value is -4.30. The van der Waals surface area contributed by atoms with E-state index in [4.69, 9.17) is 10.8 Å². The molecule has 0 aliphatic rings. The van der Waals surface area contributed by atoms with Gasteiger partial charge in [0.05, 0.1) is 39.3 Å². The zero-order chi connectivity index (χ0) is 46.7. The fourth-order valence-corrected chi connectivity index (χ4v) is 5.62. The van der Waals surface area contributed by atoms with Crippen LogP contribution in [0.5, 0.6) is 0 Å². The van der Waals surface area contributed by atoms with Crippen LogP contribution in [0.1, 0.15) is 0 Å². The number of nitrogens with one attached hydrogen (secondary N) is 11. The normalized spacial score (nSPS) is 13.4. The molecule has 0 aromatic carbocycles. The molecule has 0 fully saturated rings. The van der Waals surface area contributed by atoms with E-state index in [-0.39, 0.29) is 41.1 Å². The van der Waals surface area contributed by atoms with Gasteiger partial charge in [0.15, 0.2) is 0 Å². The molecule has 0 spiro atoms. The van der Waals surface area contributed by atoms with Crippen LogP contribution in [0.2, 0.25) is 0 Å². The highest BCUT2D eigenvalue weighted by molar-refractivity contribution is 7.81. The number of hydrogen-bond acceptors (Lipinski definition) is 19. The molecule has 0 aliphatic heterocycles. The highest BCUT2D eigenvalue weighted by atomic mass is 32.1. The van der Waals surface area contributed by atoms with E-state index in [0.717, 1.165) is 0 Å². The third-order valence-corrected chi connectivity index (χ3v) is 9.48. The molecule has 0 aliphatic carbocycles. The summed E-state index contributed by atoms with van der Waals surface area (Å²) in [6, 6.07) is -7.47. The monoisotopic (exact) mass is 978 g/mol. The largest absolute Gasteiger partial charge is 0.480 e. The number of rotatable bonds is 29. The third kappa shape index (κ3) is 23.5. The summed E-state index contributed by atoms with van der Waals surface area (Å²) in [5.41, 5.74) is 5.20. The molecule has 0 radical (unpaired) electrons. The molecule has 0 saturated heterocycles. The van der Waals surface area contributed by atoms with Crippen molar-refractivity contribution < 1.29 is 62.6 Å². The van der Waals surface area contributed by atoms with Gasteiger partial charge in [0.1, 0.15) is 36.3 Å². The van der Waals surface area contributed by atoms with E-state index >= 15 is 0 Å². The van der Waals surface area contributed by atoms with E-state index in [0.29, 0.717) is 0 Å². The first-order chi connectivity index (χ1) is 28.8. The summed E-state index contributed by atoms with van der Waals surface area (Å²) in [6.07, 6.45) is 0. The molecule has 6 atom stereocenters. The number of aliphatic carboxylic acids is 1. The van der Waals surface area contributed by atoms with E-state index in [1.807, 2.05) is 0 Å². The molecular weight excluding hydrogens is 929 g/mol. The Bertz CT molecular complexity index is 1600. The number of thiol groups is 6. The first kappa shape index (κ1) is 56.7. The molecule has 0 unspecified atom stereocenters. The van der Waals surface area contributed by atoms with Crippen LogP contribution in [-0.4, -0.2) is 186 Å². The van der Waals surface area contributed by atoms with Gasteiger partial charge in [-0.25, -0.2) is 4.79 Å². The lowest BCUT2D eigenvalue weighted by molar-refractivity contribution is -0.141. The quantitative estimate of drug-likeness (QED) is 0.0310. The smallest absolute Gasteiger partial charge is 0.327 e. The Balaban J connectivity index is 4.84. The van der Waals surface area contributed by atoms with Crippen molar-refractivity contribution in [1.29, 1.82) is 0 Å². The highest BCUT2D eigenvalue weighted by Crippen LogP contribution is 1.95. The SMILES string of the molecule is NCC(=O)N[C@@H](CS)C(=O)NCC(=O)N[C@@H](CS)C(=O)NCC(=O)N[C@@H](CS)C(=O)NCC(=O)N[C@@H](CS)C(=O)NCC(=O)N[C@@H](CS)C(=O)NCC(=O)N[C@@H](CS)C(=O)O. The third-order valence-electron chi connectivity index (χ3n) is 7.29. The second-order valence-electron chi connectivity index (χ2n) is 11.9. The van der Waals surface area contributed by atoms with Gasteiger partial charge >= 0.3 is 5.97 Å². The lowest BCUT2D eigenvalue weighted by Gasteiger charge is -2.20. The molecule has 31 heteroatoms. The summed E-state index contributed by atoms with van der Waals surface area (Å²) in [5, 5.41) is 33.9. The molecule has 0 bridgehead atoms. The fraction of sp³-hybridized carbons (Fsp3) is 0.600. The summed E-state index contributed by atoms with van der Waals surface area (Å²) in [4.78, 5) is 147. The zero-order valence-electron chi connectivity index (χ0n) is 32.1. The van der Waals surface area contributed by atoms with Gasteiger partial charge in [-0.3, -0.25) is 52.7 Å². The zero-order valence-corrected chi connectivity index (χ0v) is 37.4. The van der Waals surface area contributed by atoms with Gasteiger partial charge in [-0.2, -0.15) is 75.8 Å². The van der Waals surface area contributed by atoms with Crippen LogP contribution in [0.4, 0.5) is 0 Å². The topological polar surface area (TPSA) is 383 Å². The van der Waals surface area contributed by atoms with Gasteiger partial charge < -0.3 is 69.3 Å². The van der Waals surface area contributed by atoms with Gasteiger partial charge in [-0.05, 0) is 0 Å². The predicted octanol–water partition coefficient (Wildman–Crippen LogP) is -8.90. The van der Waals surface area contributed by atoms with Crippen molar-refractivity contribution >= 4 is 147 Å². The molecule has 0 rings (SSSR count). The maximum absolute atomic E-state index is 12.7. The summed E-state index contributed by atoms with van der Waals surface area (Å²) in [7, 11) is 0. The lowest BCUT2D eigenvalue weighted by atomic mass is 10.2. The van der Waals surface area contributed by atoms with Crippen LogP contribution in [0.25, 0.3) is 0 Å². The Kier molecular flexibility index (Phi) is 29.3. The second kappa shape index (κ2) is 31.5. The van der Waals surface area contributed by atoms with E-state index in [1.165, 1.54) is 0 Å². The summed E-state index contributed by atoms with van der Waals surface area (Å²) in [5.74, 6) is -11.6. The molecule has 61 heavy (non-hydrogen) atoms. The number of carbonyl (C=O) groups is 12. The van der Waals surface area contributed by atoms with E-state index < -0.39 is 140 Å². The Morgan fingerprint density at radius 2 is 0.525 bits per heavy atom. The van der Waals surface area contributed by atoms with E-state index in [1.54, 1.807) is 0 Å². The molecular formula is C30H50N12O13S6. The average molecular weight is 979 g/mol. The summed E-state index contributed by atoms with van der Waals surface area (Å²) >= 11 is 23.8. The van der Waals surface area contributed by atoms with Crippen LogP contribution >= 0.6 is 75.8 Å². The van der Waals surface area contributed by atoms with E-state index in [2.05, 4.69) is 134 Å². The van der Waals surface area contributed by atoms with Crippen molar-refractivity contribution in [3.8, 4) is 0 Å².